The molecule has 76 valence electrons. The molecule has 0 aliphatic carbocycles. The molecule has 1 aromatic heterocycles. The van der Waals surface area contributed by atoms with Crippen molar-refractivity contribution in [1.82, 2.24) is 9.97 Å². The normalized spacial score (nSPS) is 14.8. The number of aromatic nitrogens is 2. The summed E-state index contributed by atoms with van der Waals surface area (Å²) >= 11 is 5.84. The van der Waals surface area contributed by atoms with E-state index in [-0.39, 0.29) is 17.7 Å². The number of amides is 1. The maximum absolute atomic E-state index is 11.0. The van der Waals surface area contributed by atoms with Gasteiger partial charge in [0.05, 0.1) is 5.69 Å². The maximum Gasteiger partial charge on any atom is 0.220 e. The molecule has 0 aromatic carbocycles. The van der Waals surface area contributed by atoms with E-state index in [1.807, 2.05) is 6.92 Å². The first-order valence-corrected chi connectivity index (χ1v) is 4.67. The standard InChI is InChI=1S/C9H12ClN3O/c1-5(6(2)9(11)14)7-8(10)13-4-3-12-7/h3-6H,1-2H3,(H2,11,14). The summed E-state index contributed by atoms with van der Waals surface area (Å²) in [5, 5.41) is 0.327. The Morgan fingerprint density at radius 1 is 1.43 bits per heavy atom. The van der Waals surface area contributed by atoms with Gasteiger partial charge in [-0.25, -0.2) is 4.98 Å². The van der Waals surface area contributed by atoms with Crippen LogP contribution in [0.5, 0.6) is 0 Å². The Hall–Kier alpha value is -1.16. The van der Waals surface area contributed by atoms with Crippen molar-refractivity contribution in [2.45, 2.75) is 19.8 Å². The van der Waals surface area contributed by atoms with Gasteiger partial charge in [0, 0.05) is 24.2 Å². The molecule has 2 N–H and O–H groups in total. The molecule has 1 heterocycles. The summed E-state index contributed by atoms with van der Waals surface area (Å²) in [7, 11) is 0. The molecule has 0 fully saturated rings. The number of nitrogens with two attached hydrogens (primary N) is 1. The van der Waals surface area contributed by atoms with Crippen molar-refractivity contribution >= 4 is 17.5 Å². The average molecular weight is 214 g/mol. The van der Waals surface area contributed by atoms with E-state index in [0.717, 1.165) is 0 Å². The SMILES string of the molecule is CC(C(N)=O)C(C)c1nccnc1Cl. The zero-order valence-electron chi connectivity index (χ0n) is 8.07. The Bertz CT molecular complexity index is 343. The van der Waals surface area contributed by atoms with Crippen LogP contribution in [0.3, 0.4) is 0 Å². The molecule has 2 unspecified atom stereocenters. The molecular formula is C9H12ClN3O. The van der Waals surface area contributed by atoms with Crippen LogP contribution in [0.25, 0.3) is 0 Å². The molecule has 0 bridgehead atoms. The first-order valence-electron chi connectivity index (χ1n) is 4.29. The van der Waals surface area contributed by atoms with Crippen molar-refractivity contribution in [2.75, 3.05) is 0 Å². The van der Waals surface area contributed by atoms with Crippen molar-refractivity contribution in [3.05, 3.63) is 23.2 Å². The van der Waals surface area contributed by atoms with Gasteiger partial charge in [0.25, 0.3) is 0 Å². The monoisotopic (exact) mass is 213 g/mol. The van der Waals surface area contributed by atoms with Crippen molar-refractivity contribution in [1.29, 1.82) is 0 Å². The lowest BCUT2D eigenvalue weighted by Gasteiger charge is -2.16. The molecule has 0 aliphatic rings. The third-order valence-corrected chi connectivity index (χ3v) is 2.60. The number of carbonyl (C=O) groups is 1. The second-order valence-corrected chi connectivity index (χ2v) is 3.57. The number of primary amides is 1. The van der Waals surface area contributed by atoms with Crippen LogP contribution in [-0.4, -0.2) is 15.9 Å². The lowest BCUT2D eigenvalue weighted by Crippen LogP contribution is -2.25. The van der Waals surface area contributed by atoms with Crippen molar-refractivity contribution in [3.8, 4) is 0 Å². The van der Waals surface area contributed by atoms with Gasteiger partial charge in [-0.05, 0) is 0 Å². The first kappa shape index (κ1) is 10.9. The highest BCUT2D eigenvalue weighted by molar-refractivity contribution is 6.30. The Balaban J connectivity index is 2.94. The molecule has 0 radical (unpaired) electrons. The Morgan fingerprint density at radius 2 is 2.00 bits per heavy atom. The highest BCUT2D eigenvalue weighted by Crippen LogP contribution is 2.26. The van der Waals surface area contributed by atoms with E-state index >= 15 is 0 Å². The highest BCUT2D eigenvalue weighted by atomic mass is 35.5. The average Bonchev–Trinajstić information content (AvgIpc) is 2.16. The Kier molecular flexibility index (Phi) is 3.41. The molecule has 14 heavy (non-hydrogen) atoms. The Morgan fingerprint density at radius 3 is 2.50 bits per heavy atom. The fourth-order valence-electron chi connectivity index (χ4n) is 1.12. The van der Waals surface area contributed by atoms with Crippen LogP contribution >= 0.6 is 11.6 Å². The molecule has 0 spiro atoms. The van der Waals surface area contributed by atoms with Gasteiger partial charge in [-0.1, -0.05) is 25.4 Å². The van der Waals surface area contributed by atoms with Crippen molar-refractivity contribution < 1.29 is 4.79 Å². The second-order valence-electron chi connectivity index (χ2n) is 3.21. The topological polar surface area (TPSA) is 68.9 Å². The fourth-order valence-corrected chi connectivity index (χ4v) is 1.40. The van der Waals surface area contributed by atoms with Gasteiger partial charge < -0.3 is 5.73 Å². The summed E-state index contributed by atoms with van der Waals surface area (Å²) in [4.78, 5) is 18.9. The zero-order valence-corrected chi connectivity index (χ0v) is 8.82. The number of halogens is 1. The summed E-state index contributed by atoms with van der Waals surface area (Å²) in [6.45, 7) is 3.60. The highest BCUT2D eigenvalue weighted by Gasteiger charge is 2.22. The molecular weight excluding hydrogens is 202 g/mol. The van der Waals surface area contributed by atoms with Crippen LogP contribution in [-0.2, 0) is 4.79 Å². The maximum atomic E-state index is 11.0. The molecule has 4 nitrogen and oxygen atoms in total. The van der Waals surface area contributed by atoms with Crippen LogP contribution in [0.15, 0.2) is 12.4 Å². The first-order chi connectivity index (χ1) is 6.54. The number of carbonyl (C=O) groups excluding carboxylic acids is 1. The number of nitrogens with zero attached hydrogens (tertiary/aromatic N) is 2. The molecule has 1 amide bonds. The van der Waals surface area contributed by atoms with E-state index in [2.05, 4.69) is 9.97 Å². The van der Waals surface area contributed by atoms with Gasteiger partial charge in [0.2, 0.25) is 5.91 Å². The van der Waals surface area contributed by atoms with Crippen LogP contribution in [0, 0.1) is 5.92 Å². The van der Waals surface area contributed by atoms with Crippen LogP contribution in [0.2, 0.25) is 5.15 Å². The van der Waals surface area contributed by atoms with Crippen molar-refractivity contribution in [2.24, 2.45) is 11.7 Å². The third-order valence-electron chi connectivity index (χ3n) is 2.31. The molecule has 1 aromatic rings. The molecule has 2 atom stereocenters. The number of hydrogen-bond acceptors (Lipinski definition) is 3. The summed E-state index contributed by atoms with van der Waals surface area (Å²) in [5.74, 6) is -0.780. The fraction of sp³-hybridized carbons (Fsp3) is 0.444. The minimum atomic E-state index is -0.362. The van der Waals surface area contributed by atoms with Gasteiger partial charge in [-0.2, -0.15) is 0 Å². The minimum absolute atomic E-state index is 0.117. The van der Waals surface area contributed by atoms with E-state index in [0.29, 0.717) is 10.8 Å². The predicted octanol–water partition coefficient (Wildman–Crippen LogP) is 1.35. The van der Waals surface area contributed by atoms with E-state index in [1.165, 1.54) is 6.20 Å². The van der Waals surface area contributed by atoms with E-state index in [1.54, 1.807) is 13.1 Å². The van der Waals surface area contributed by atoms with Gasteiger partial charge in [0.1, 0.15) is 0 Å². The quantitative estimate of drug-likeness (QED) is 0.824. The molecule has 0 saturated heterocycles. The summed E-state index contributed by atoms with van der Waals surface area (Å²) in [6, 6.07) is 0. The summed E-state index contributed by atoms with van der Waals surface area (Å²) in [5.41, 5.74) is 5.81. The number of hydrogen-bond donors (Lipinski definition) is 1. The predicted molar refractivity (Wildman–Crippen MR) is 53.8 cm³/mol. The van der Waals surface area contributed by atoms with Crippen LogP contribution in [0.4, 0.5) is 0 Å². The second kappa shape index (κ2) is 4.37. The summed E-state index contributed by atoms with van der Waals surface area (Å²) in [6.07, 6.45) is 3.05. The lowest BCUT2D eigenvalue weighted by molar-refractivity contribution is -0.121. The Labute approximate surface area is 87.5 Å². The smallest absolute Gasteiger partial charge is 0.220 e. The van der Waals surface area contributed by atoms with Gasteiger partial charge >= 0.3 is 0 Å². The summed E-state index contributed by atoms with van der Waals surface area (Å²) < 4.78 is 0. The lowest BCUT2D eigenvalue weighted by atomic mass is 9.92. The third kappa shape index (κ3) is 2.20. The number of rotatable bonds is 3. The molecule has 0 saturated carbocycles. The van der Waals surface area contributed by atoms with E-state index in [4.69, 9.17) is 17.3 Å². The van der Waals surface area contributed by atoms with Gasteiger partial charge in [-0.3, -0.25) is 9.78 Å². The molecule has 1 rings (SSSR count). The minimum Gasteiger partial charge on any atom is -0.369 e. The van der Waals surface area contributed by atoms with Crippen LogP contribution in [0.1, 0.15) is 25.5 Å². The molecule has 5 heteroatoms. The van der Waals surface area contributed by atoms with Crippen LogP contribution < -0.4 is 5.73 Å². The largest absolute Gasteiger partial charge is 0.369 e. The van der Waals surface area contributed by atoms with Crippen molar-refractivity contribution in [3.63, 3.8) is 0 Å². The van der Waals surface area contributed by atoms with E-state index in [9.17, 15) is 4.79 Å². The molecule has 0 aliphatic heterocycles. The van der Waals surface area contributed by atoms with Gasteiger partial charge in [-0.15, -0.1) is 0 Å². The van der Waals surface area contributed by atoms with E-state index < -0.39 is 0 Å². The van der Waals surface area contributed by atoms with Gasteiger partial charge in [0.15, 0.2) is 5.15 Å². The zero-order chi connectivity index (χ0) is 10.7.